The first-order valence-electron chi connectivity index (χ1n) is 4.63. The summed E-state index contributed by atoms with van der Waals surface area (Å²) in [6.07, 6.45) is 5.47. The van der Waals surface area contributed by atoms with Crippen molar-refractivity contribution in [1.29, 1.82) is 0 Å². The average molecular weight is 257 g/mol. The summed E-state index contributed by atoms with van der Waals surface area (Å²) in [7, 11) is 0. The zero-order valence-corrected chi connectivity index (χ0v) is 9.66. The van der Waals surface area contributed by atoms with Gasteiger partial charge in [0.2, 0.25) is 0 Å². The molecule has 0 radical (unpaired) electrons. The van der Waals surface area contributed by atoms with Crippen molar-refractivity contribution in [3.63, 3.8) is 0 Å². The smallest absolute Gasteiger partial charge is 0.0321 e. The highest BCUT2D eigenvalue weighted by Crippen LogP contribution is 2.29. The molecule has 0 amide bonds. The first-order valence-corrected chi connectivity index (χ1v) is 5.43. The average Bonchev–Trinajstić information content (AvgIpc) is 2.30. The third-order valence-corrected chi connectivity index (χ3v) is 2.94. The Morgan fingerprint density at radius 2 is 1.47 bits per heavy atom. The van der Waals surface area contributed by atoms with Crippen molar-refractivity contribution in [2.75, 3.05) is 0 Å². The van der Waals surface area contributed by atoms with Crippen molar-refractivity contribution in [2.45, 2.75) is 0 Å². The fourth-order valence-electron chi connectivity index (χ4n) is 1.52. The summed E-state index contributed by atoms with van der Waals surface area (Å²) >= 11 is 3.53. The van der Waals surface area contributed by atoms with Crippen LogP contribution in [0.5, 0.6) is 0 Å². The van der Waals surface area contributed by atoms with Crippen LogP contribution in [0.4, 0.5) is 0 Å². The van der Waals surface area contributed by atoms with Crippen LogP contribution in [-0.4, -0.2) is 0 Å². The lowest BCUT2D eigenvalue weighted by Crippen LogP contribution is -1.84. The van der Waals surface area contributed by atoms with Gasteiger partial charge in [0.15, 0.2) is 0 Å². The van der Waals surface area contributed by atoms with E-state index in [1.807, 2.05) is 42.5 Å². The first kappa shape index (κ1) is 10.0. The predicted molar refractivity (Wildman–Crippen MR) is 67.5 cm³/mol. The van der Waals surface area contributed by atoms with Crippen LogP contribution in [0.3, 0.4) is 0 Å². The Morgan fingerprint density at radius 3 is 2.13 bits per heavy atom. The minimum absolute atomic E-state index is 0.921. The summed E-state index contributed by atoms with van der Waals surface area (Å²) in [4.78, 5) is 0. The van der Waals surface area contributed by atoms with Crippen molar-refractivity contribution < 1.29 is 0 Å². The maximum absolute atomic E-state index is 5.47. The molecule has 0 nitrogen and oxygen atoms in total. The van der Waals surface area contributed by atoms with Crippen LogP contribution in [0.2, 0.25) is 0 Å². The third kappa shape index (κ3) is 1.95. The highest BCUT2D eigenvalue weighted by Gasteiger charge is 2.04. The Morgan fingerprint density at radius 1 is 0.867 bits per heavy atom. The van der Waals surface area contributed by atoms with E-state index in [9.17, 15) is 0 Å². The Kier molecular flexibility index (Phi) is 2.89. The van der Waals surface area contributed by atoms with Gasteiger partial charge in [0.05, 0.1) is 0 Å². The second-order valence-corrected chi connectivity index (χ2v) is 4.02. The van der Waals surface area contributed by atoms with Gasteiger partial charge in [-0.2, -0.15) is 0 Å². The van der Waals surface area contributed by atoms with Gasteiger partial charge < -0.3 is 0 Å². The van der Waals surface area contributed by atoms with Crippen molar-refractivity contribution in [2.24, 2.45) is 0 Å². The third-order valence-electron chi connectivity index (χ3n) is 2.25. The monoisotopic (exact) mass is 256 g/mol. The summed E-state index contributed by atoms with van der Waals surface area (Å²) < 4.78 is 1.06. The van der Waals surface area contributed by atoms with Gasteiger partial charge >= 0.3 is 0 Å². The van der Waals surface area contributed by atoms with E-state index in [0.29, 0.717) is 0 Å². The largest absolute Gasteiger partial charge is 0.115 e. The lowest BCUT2D eigenvalue weighted by molar-refractivity contribution is 1.56. The standard InChI is InChI=1S/C14H9Br/c1-2-11-7-3-4-8-12(11)13-9-5-6-10-14(13)15/h1,3-10H. The number of halogens is 1. The van der Waals surface area contributed by atoms with Gasteiger partial charge in [-0.15, -0.1) is 6.42 Å². The lowest BCUT2D eigenvalue weighted by atomic mass is 10.0. The van der Waals surface area contributed by atoms with Crippen LogP contribution in [0, 0.1) is 12.3 Å². The summed E-state index contributed by atoms with van der Waals surface area (Å²) in [6.45, 7) is 0. The molecular formula is C14H9Br. The maximum atomic E-state index is 5.47. The normalized spacial score (nSPS) is 9.60. The first-order chi connectivity index (χ1) is 7.33. The molecule has 0 unspecified atom stereocenters. The van der Waals surface area contributed by atoms with Crippen LogP contribution in [0.15, 0.2) is 53.0 Å². The van der Waals surface area contributed by atoms with E-state index in [1.165, 1.54) is 0 Å². The molecule has 0 aromatic heterocycles. The van der Waals surface area contributed by atoms with E-state index in [2.05, 4.69) is 27.9 Å². The van der Waals surface area contributed by atoms with Crippen LogP contribution < -0.4 is 0 Å². The van der Waals surface area contributed by atoms with Crippen molar-refractivity contribution >= 4 is 15.9 Å². The van der Waals surface area contributed by atoms with Crippen LogP contribution in [-0.2, 0) is 0 Å². The lowest BCUT2D eigenvalue weighted by Gasteiger charge is -2.06. The highest BCUT2D eigenvalue weighted by atomic mass is 79.9. The molecule has 0 fully saturated rings. The van der Waals surface area contributed by atoms with Gasteiger partial charge in [-0.1, -0.05) is 58.2 Å². The number of benzene rings is 2. The number of rotatable bonds is 1. The number of hydrogen-bond acceptors (Lipinski definition) is 0. The molecule has 0 heterocycles. The molecule has 0 spiro atoms. The van der Waals surface area contributed by atoms with Gasteiger partial charge in [0.25, 0.3) is 0 Å². The van der Waals surface area contributed by atoms with E-state index < -0.39 is 0 Å². The SMILES string of the molecule is C#Cc1ccccc1-c1ccccc1Br. The van der Waals surface area contributed by atoms with E-state index in [-0.39, 0.29) is 0 Å². The summed E-state index contributed by atoms with van der Waals surface area (Å²) in [5.41, 5.74) is 3.14. The van der Waals surface area contributed by atoms with Gasteiger partial charge in [0, 0.05) is 10.0 Å². The second kappa shape index (κ2) is 4.33. The summed E-state index contributed by atoms with van der Waals surface area (Å²) in [5.74, 6) is 2.70. The molecule has 0 bridgehead atoms. The van der Waals surface area contributed by atoms with Crippen LogP contribution in [0.1, 0.15) is 5.56 Å². The summed E-state index contributed by atoms with van der Waals surface area (Å²) in [5, 5.41) is 0. The minimum Gasteiger partial charge on any atom is -0.115 e. The van der Waals surface area contributed by atoms with Gasteiger partial charge in [-0.05, 0) is 23.3 Å². The zero-order valence-electron chi connectivity index (χ0n) is 8.07. The molecule has 0 atom stereocenters. The summed E-state index contributed by atoms with van der Waals surface area (Å²) in [6, 6.07) is 16.0. The molecule has 0 aliphatic rings. The van der Waals surface area contributed by atoms with Crippen molar-refractivity contribution in [1.82, 2.24) is 0 Å². The number of terminal acetylenes is 1. The molecule has 0 saturated heterocycles. The van der Waals surface area contributed by atoms with Crippen molar-refractivity contribution in [3.8, 4) is 23.5 Å². The van der Waals surface area contributed by atoms with E-state index >= 15 is 0 Å². The molecule has 0 N–H and O–H groups in total. The minimum atomic E-state index is 0.921. The molecule has 15 heavy (non-hydrogen) atoms. The Labute approximate surface area is 98.1 Å². The fourth-order valence-corrected chi connectivity index (χ4v) is 2.02. The zero-order chi connectivity index (χ0) is 10.7. The van der Waals surface area contributed by atoms with E-state index in [1.54, 1.807) is 0 Å². The Hall–Kier alpha value is -1.52. The van der Waals surface area contributed by atoms with E-state index in [0.717, 1.165) is 21.2 Å². The van der Waals surface area contributed by atoms with Crippen molar-refractivity contribution in [3.05, 3.63) is 58.6 Å². The molecule has 72 valence electrons. The Bertz CT molecular complexity index is 521. The molecule has 0 aliphatic heterocycles. The topological polar surface area (TPSA) is 0 Å². The highest BCUT2D eigenvalue weighted by molar-refractivity contribution is 9.10. The molecule has 0 aliphatic carbocycles. The van der Waals surface area contributed by atoms with Gasteiger partial charge in [-0.3, -0.25) is 0 Å². The van der Waals surface area contributed by atoms with E-state index in [4.69, 9.17) is 6.42 Å². The second-order valence-electron chi connectivity index (χ2n) is 3.17. The van der Waals surface area contributed by atoms with Crippen LogP contribution in [0.25, 0.3) is 11.1 Å². The molecule has 2 aromatic rings. The molecule has 0 saturated carbocycles. The van der Waals surface area contributed by atoms with Gasteiger partial charge in [-0.25, -0.2) is 0 Å². The fraction of sp³-hybridized carbons (Fsp3) is 0. The Balaban J connectivity index is 2.65. The number of hydrogen-bond donors (Lipinski definition) is 0. The quantitative estimate of drug-likeness (QED) is 0.675. The molecule has 1 heteroatoms. The predicted octanol–water partition coefficient (Wildman–Crippen LogP) is 4.10. The van der Waals surface area contributed by atoms with Gasteiger partial charge in [0.1, 0.15) is 0 Å². The molecule has 2 rings (SSSR count). The molecular weight excluding hydrogens is 248 g/mol. The maximum Gasteiger partial charge on any atom is 0.0321 e. The van der Waals surface area contributed by atoms with Crippen LogP contribution >= 0.6 is 15.9 Å². The molecule has 2 aromatic carbocycles.